The summed E-state index contributed by atoms with van der Waals surface area (Å²) in [7, 11) is 1.83. The van der Waals surface area contributed by atoms with E-state index < -0.39 is 0 Å². The molecule has 0 saturated carbocycles. The van der Waals surface area contributed by atoms with E-state index in [-0.39, 0.29) is 24.3 Å². The van der Waals surface area contributed by atoms with Crippen LogP contribution in [0.5, 0.6) is 0 Å². The van der Waals surface area contributed by atoms with E-state index in [2.05, 4.69) is 5.32 Å². The van der Waals surface area contributed by atoms with Gasteiger partial charge in [-0.15, -0.1) is 0 Å². The zero-order valence-corrected chi connectivity index (χ0v) is 14.3. The molecule has 0 radical (unpaired) electrons. The van der Waals surface area contributed by atoms with Crippen LogP contribution in [0.2, 0.25) is 10.0 Å². The number of hydrogen-bond acceptors (Lipinski definition) is 2. The number of anilines is 1. The Morgan fingerprint density at radius 3 is 2.52 bits per heavy atom. The number of rotatable bonds is 5. The minimum absolute atomic E-state index is 0.0313. The van der Waals surface area contributed by atoms with Gasteiger partial charge in [0.25, 0.3) is 0 Å². The Labute approximate surface area is 145 Å². The number of halogens is 3. The minimum atomic E-state index is -0.281. The lowest BCUT2D eigenvalue weighted by Crippen LogP contribution is -2.32. The van der Waals surface area contributed by atoms with E-state index in [9.17, 15) is 9.18 Å². The fourth-order valence-electron chi connectivity index (χ4n) is 2.14. The summed E-state index contributed by atoms with van der Waals surface area (Å²) in [6.45, 7) is 2.12. The maximum Gasteiger partial charge on any atom is 0.238 e. The molecule has 1 atom stereocenters. The molecule has 0 fully saturated rings. The molecule has 3 nitrogen and oxygen atoms in total. The van der Waals surface area contributed by atoms with Gasteiger partial charge in [0, 0.05) is 11.1 Å². The predicted molar refractivity (Wildman–Crippen MR) is 92.5 cm³/mol. The molecule has 2 rings (SSSR count). The average Bonchev–Trinajstić information content (AvgIpc) is 2.51. The van der Waals surface area contributed by atoms with Crippen molar-refractivity contribution >= 4 is 34.8 Å². The van der Waals surface area contributed by atoms with Crippen LogP contribution in [0.1, 0.15) is 18.5 Å². The zero-order valence-electron chi connectivity index (χ0n) is 12.8. The van der Waals surface area contributed by atoms with Gasteiger partial charge in [0.15, 0.2) is 0 Å². The van der Waals surface area contributed by atoms with Crippen LogP contribution in [-0.2, 0) is 4.79 Å². The molecule has 6 heteroatoms. The molecule has 1 unspecified atom stereocenters. The second kappa shape index (κ2) is 7.77. The number of nitrogens with one attached hydrogen (secondary N) is 1. The van der Waals surface area contributed by atoms with E-state index in [4.69, 9.17) is 23.2 Å². The van der Waals surface area contributed by atoms with Crippen molar-refractivity contribution in [3.05, 3.63) is 63.9 Å². The highest BCUT2D eigenvalue weighted by Gasteiger charge is 2.16. The quantitative estimate of drug-likeness (QED) is 0.838. The van der Waals surface area contributed by atoms with E-state index >= 15 is 0 Å². The first-order chi connectivity index (χ1) is 10.9. The number of amides is 1. The second-order valence-electron chi connectivity index (χ2n) is 5.31. The third kappa shape index (κ3) is 4.93. The highest BCUT2D eigenvalue weighted by Crippen LogP contribution is 2.25. The lowest BCUT2D eigenvalue weighted by Gasteiger charge is -2.24. The first kappa shape index (κ1) is 17.7. The van der Waals surface area contributed by atoms with Crippen LogP contribution in [0, 0.1) is 5.82 Å². The van der Waals surface area contributed by atoms with E-state index in [0.29, 0.717) is 15.7 Å². The van der Waals surface area contributed by atoms with Gasteiger partial charge in [0.1, 0.15) is 5.82 Å². The van der Waals surface area contributed by atoms with Crippen molar-refractivity contribution in [2.24, 2.45) is 0 Å². The first-order valence-electron chi connectivity index (χ1n) is 7.07. The molecule has 0 aliphatic rings. The van der Waals surface area contributed by atoms with Gasteiger partial charge in [-0.3, -0.25) is 9.69 Å². The van der Waals surface area contributed by atoms with E-state index in [0.717, 1.165) is 5.56 Å². The maximum absolute atomic E-state index is 13.0. The maximum atomic E-state index is 13.0. The van der Waals surface area contributed by atoms with Gasteiger partial charge >= 0.3 is 0 Å². The lowest BCUT2D eigenvalue weighted by molar-refractivity contribution is -0.117. The number of carbonyl (C=O) groups excluding carboxylic acids is 1. The van der Waals surface area contributed by atoms with E-state index in [1.165, 1.54) is 12.1 Å². The van der Waals surface area contributed by atoms with Crippen molar-refractivity contribution in [3.8, 4) is 0 Å². The molecule has 0 bridgehead atoms. The normalized spacial score (nSPS) is 12.3. The topological polar surface area (TPSA) is 32.3 Å². The number of nitrogens with zero attached hydrogens (tertiary/aromatic N) is 1. The fourth-order valence-corrected chi connectivity index (χ4v) is 2.48. The summed E-state index contributed by atoms with van der Waals surface area (Å²) < 4.78 is 13.0. The SMILES string of the molecule is CC(c1ccc(F)cc1)N(C)CC(=O)Nc1cc(Cl)ccc1Cl. The number of hydrogen-bond donors (Lipinski definition) is 1. The second-order valence-corrected chi connectivity index (χ2v) is 6.16. The van der Waals surface area contributed by atoms with Crippen molar-refractivity contribution in [2.45, 2.75) is 13.0 Å². The van der Waals surface area contributed by atoms with Crippen molar-refractivity contribution in [3.63, 3.8) is 0 Å². The van der Waals surface area contributed by atoms with Crippen molar-refractivity contribution in [1.29, 1.82) is 0 Å². The largest absolute Gasteiger partial charge is 0.324 e. The highest BCUT2D eigenvalue weighted by atomic mass is 35.5. The summed E-state index contributed by atoms with van der Waals surface area (Å²) in [5.74, 6) is -0.484. The summed E-state index contributed by atoms with van der Waals surface area (Å²) in [5, 5.41) is 3.67. The number of benzene rings is 2. The smallest absolute Gasteiger partial charge is 0.238 e. The molecule has 1 N–H and O–H groups in total. The molecule has 0 spiro atoms. The van der Waals surface area contributed by atoms with Crippen molar-refractivity contribution in [1.82, 2.24) is 4.90 Å². The van der Waals surface area contributed by atoms with Gasteiger partial charge < -0.3 is 5.32 Å². The molecule has 0 aliphatic heterocycles. The molecule has 2 aromatic carbocycles. The molecule has 23 heavy (non-hydrogen) atoms. The Hall–Kier alpha value is -1.62. The molecular weight excluding hydrogens is 338 g/mol. The van der Waals surface area contributed by atoms with Crippen LogP contribution in [0.3, 0.4) is 0 Å². The van der Waals surface area contributed by atoms with Crippen LogP contribution in [0.4, 0.5) is 10.1 Å². The van der Waals surface area contributed by atoms with Gasteiger partial charge in [-0.1, -0.05) is 35.3 Å². The van der Waals surface area contributed by atoms with Gasteiger partial charge in [-0.05, 0) is 49.9 Å². The van der Waals surface area contributed by atoms with Gasteiger partial charge in [-0.25, -0.2) is 4.39 Å². The van der Waals surface area contributed by atoms with Gasteiger partial charge in [0.05, 0.1) is 17.3 Å². The van der Waals surface area contributed by atoms with Crippen LogP contribution in [-0.4, -0.2) is 24.4 Å². The Kier molecular flexibility index (Phi) is 5.99. The molecule has 0 aliphatic carbocycles. The summed E-state index contributed by atoms with van der Waals surface area (Å²) in [5.41, 5.74) is 1.41. The molecule has 122 valence electrons. The van der Waals surface area contributed by atoms with Crippen molar-refractivity contribution < 1.29 is 9.18 Å². The Morgan fingerprint density at radius 2 is 1.87 bits per heavy atom. The van der Waals surface area contributed by atoms with Crippen LogP contribution in [0.25, 0.3) is 0 Å². The molecule has 0 saturated heterocycles. The third-order valence-electron chi connectivity index (χ3n) is 3.61. The molecule has 0 aromatic heterocycles. The predicted octanol–water partition coefficient (Wildman–Crippen LogP) is 4.76. The summed E-state index contributed by atoms with van der Waals surface area (Å²) in [4.78, 5) is 14.0. The summed E-state index contributed by atoms with van der Waals surface area (Å²) in [6.07, 6.45) is 0. The number of carbonyl (C=O) groups is 1. The third-order valence-corrected chi connectivity index (χ3v) is 4.17. The van der Waals surface area contributed by atoms with Crippen molar-refractivity contribution in [2.75, 3.05) is 18.9 Å². The van der Waals surface area contributed by atoms with Gasteiger partial charge in [-0.2, -0.15) is 0 Å². The van der Waals surface area contributed by atoms with E-state index in [1.54, 1.807) is 30.3 Å². The average molecular weight is 355 g/mol. The zero-order chi connectivity index (χ0) is 17.0. The fraction of sp³-hybridized carbons (Fsp3) is 0.235. The standard InChI is InChI=1S/C17H17Cl2FN2O/c1-11(12-3-6-14(20)7-4-12)22(2)10-17(23)21-16-9-13(18)5-8-15(16)19/h3-9,11H,10H2,1-2H3,(H,21,23). The molecule has 1 amide bonds. The molecule has 2 aromatic rings. The lowest BCUT2D eigenvalue weighted by atomic mass is 10.1. The minimum Gasteiger partial charge on any atom is -0.324 e. The Morgan fingerprint density at radius 1 is 1.22 bits per heavy atom. The van der Waals surface area contributed by atoms with E-state index in [1.807, 2.05) is 18.9 Å². The molecular formula is C17H17Cl2FN2O. The van der Waals surface area contributed by atoms with Gasteiger partial charge in [0.2, 0.25) is 5.91 Å². The van der Waals surface area contributed by atoms with Crippen LogP contribution >= 0.6 is 23.2 Å². The molecule has 0 heterocycles. The number of likely N-dealkylation sites (N-methyl/N-ethyl adjacent to an activating group) is 1. The monoisotopic (exact) mass is 354 g/mol. The highest BCUT2D eigenvalue weighted by molar-refractivity contribution is 6.35. The summed E-state index contributed by atoms with van der Waals surface area (Å²) in [6, 6.07) is 11.1. The van der Waals surface area contributed by atoms with Crippen LogP contribution < -0.4 is 5.32 Å². The Bertz CT molecular complexity index is 691. The summed E-state index contributed by atoms with van der Waals surface area (Å²) >= 11 is 11.9. The van der Waals surface area contributed by atoms with Crippen LogP contribution in [0.15, 0.2) is 42.5 Å². The first-order valence-corrected chi connectivity index (χ1v) is 7.83. The Balaban J connectivity index is 1.99.